The topological polar surface area (TPSA) is 74.2 Å². The number of hydrogen-bond acceptors (Lipinski definition) is 5. The quantitative estimate of drug-likeness (QED) is 0.877. The van der Waals surface area contributed by atoms with Crippen LogP contribution in [-0.2, 0) is 11.3 Å². The first-order valence-electron chi connectivity index (χ1n) is 5.99. The summed E-state index contributed by atoms with van der Waals surface area (Å²) in [5.74, 6) is 1.06. The molecule has 0 fully saturated rings. The summed E-state index contributed by atoms with van der Waals surface area (Å²) < 4.78 is 10.6. The van der Waals surface area contributed by atoms with Gasteiger partial charge in [-0.05, 0) is 31.5 Å². The molecule has 0 aliphatic carbocycles. The van der Waals surface area contributed by atoms with Gasteiger partial charge in [-0.2, -0.15) is 4.98 Å². The van der Waals surface area contributed by atoms with E-state index < -0.39 is 0 Å². The Balaban J connectivity index is 2.18. The highest BCUT2D eigenvalue weighted by Gasteiger charge is 2.14. The summed E-state index contributed by atoms with van der Waals surface area (Å²) in [6.45, 7) is 4.98. The van der Waals surface area contributed by atoms with E-state index in [2.05, 4.69) is 10.1 Å². The van der Waals surface area contributed by atoms with E-state index in [1.54, 1.807) is 0 Å². The Labute approximate surface area is 106 Å². The number of hydrogen-bond donors (Lipinski definition) is 1. The summed E-state index contributed by atoms with van der Waals surface area (Å²) in [6.07, 6.45) is -0.157. The highest BCUT2D eigenvalue weighted by molar-refractivity contribution is 5.53. The molecule has 0 saturated heterocycles. The normalized spacial score (nSPS) is 12.6. The van der Waals surface area contributed by atoms with Crippen LogP contribution in [0, 0.1) is 0 Å². The Hall–Kier alpha value is -1.72. The lowest BCUT2D eigenvalue weighted by Crippen LogP contribution is -2.01. The Morgan fingerprint density at radius 2 is 2.06 bits per heavy atom. The molecule has 0 spiro atoms. The van der Waals surface area contributed by atoms with Crippen molar-refractivity contribution < 1.29 is 9.26 Å². The lowest BCUT2D eigenvalue weighted by atomic mass is 10.1. The van der Waals surface area contributed by atoms with E-state index in [9.17, 15) is 0 Å². The number of nitrogens with two attached hydrogens (primary N) is 1. The highest BCUT2D eigenvalue weighted by Crippen LogP contribution is 2.21. The molecule has 1 unspecified atom stereocenters. The van der Waals surface area contributed by atoms with Crippen LogP contribution in [0.15, 0.2) is 28.8 Å². The minimum atomic E-state index is -0.157. The Morgan fingerprint density at radius 3 is 2.67 bits per heavy atom. The lowest BCUT2D eigenvalue weighted by molar-refractivity contribution is 0.0683. The lowest BCUT2D eigenvalue weighted by Gasteiger charge is -2.04. The first kappa shape index (κ1) is 12.7. The van der Waals surface area contributed by atoms with Gasteiger partial charge in [-0.1, -0.05) is 17.3 Å². The second kappa shape index (κ2) is 5.75. The second-order valence-electron chi connectivity index (χ2n) is 3.96. The van der Waals surface area contributed by atoms with Gasteiger partial charge in [-0.15, -0.1) is 0 Å². The molecule has 0 aliphatic heterocycles. The van der Waals surface area contributed by atoms with Crippen molar-refractivity contribution in [3.8, 4) is 11.5 Å². The monoisotopic (exact) mass is 247 g/mol. The Kier molecular flexibility index (Phi) is 4.07. The predicted octanol–water partition coefficient (Wildman–Crippen LogP) is 2.29. The van der Waals surface area contributed by atoms with E-state index in [0.717, 1.165) is 11.1 Å². The van der Waals surface area contributed by atoms with Crippen molar-refractivity contribution in [1.82, 2.24) is 10.1 Å². The first-order chi connectivity index (χ1) is 8.74. The number of rotatable bonds is 5. The molecule has 0 aliphatic rings. The zero-order valence-electron chi connectivity index (χ0n) is 10.6. The summed E-state index contributed by atoms with van der Waals surface area (Å²) in [5, 5.41) is 3.92. The zero-order chi connectivity index (χ0) is 13.0. The third-order valence-electron chi connectivity index (χ3n) is 2.66. The third-order valence-corrected chi connectivity index (χ3v) is 2.66. The number of aromatic nitrogens is 2. The van der Waals surface area contributed by atoms with Crippen LogP contribution in [0.25, 0.3) is 11.5 Å². The molecular weight excluding hydrogens is 230 g/mol. The van der Waals surface area contributed by atoms with Crippen molar-refractivity contribution in [1.29, 1.82) is 0 Å². The average Bonchev–Trinajstić information content (AvgIpc) is 2.89. The summed E-state index contributed by atoms with van der Waals surface area (Å²) in [4.78, 5) is 4.32. The number of benzene rings is 1. The zero-order valence-corrected chi connectivity index (χ0v) is 10.6. The third kappa shape index (κ3) is 2.75. The van der Waals surface area contributed by atoms with Gasteiger partial charge < -0.3 is 15.0 Å². The molecular formula is C13H17N3O2. The molecule has 1 aromatic carbocycles. The van der Waals surface area contributed by atoms with Gasteiger partial charge in [0.15, 0.2) is 0 Å². The molecule has 0 radical (unpaired) electrons. The first-order valence-corrected chi connectivity index (χ1v) is 5.99. The van der Waals surface area contributed by atoms with Crippen LogP contribution >= 0.6 is 0 Å². The van der Waals surface area contributed by atoms with Gasteiger partial charge >= 0.3 is 0 Å². The summed E-state index contributed by atoms with van der Waals surface area (Å²) in [6, 6.07) is 7.74. The Morgan fingerprint density at radius 1 is 1.33 bits per heavy atom. The van der Waals surface area contributed by atoms with Gasteiger partial charge in [0, 0.05) is 18.7 Å². The van der Waals surface area contributed by atoms with Crippen molar-refractivity contribution >= 4 is 0 Å². The van der Waals surface area contributed by atoms with Crippen molar-refractivity contribution in [2.45, 2.75) is 26.5 Å². The van der Waals surface area contributed by atoms with Gasteiger partial charge in [0.2, 0.25) is 5.82 Å². The van der Waals surface area contributed by atoms with Crippen molar-refractivity contribution in [2.24, 2.45) is 5.73 Å². The van der Waals surface area contributed by atoms with Crippen LogP contribution in [0.4, 0.5) is 0 Å². The van der Waals surface area contributed by atoms with Gasteiger partial charge in [0.05, 0.1) is 0 Å². The van der Waals surface area contributed by atoms with Gasteiger partial charge in [0.1, 0.15) is 6.10 Å². The number of ether oxygens (including phenoxy) is 1. The molecule has 0 bridgehead atoms. The minimum absolute atomic E-state index is 0.157. The van der Waals surface area contributed by atoms with Crippen LogP contribution in [0.5, 0.6) is 0 Å². The highest BCUT2D eigenvalue weighted by atomic mass is 16.5. The molecule has 0 saturated carbocycles. The largest absolute Gasteiger partial charge is 0.371 e. The fourth-order valence-electron chi connectivity index (χ4n) is 1.63. The minimum Gasteiger partial charge on any atom is -0.371 e. The smallest absolute Gasteiger partial charge is 0.258 e. The summed E-state index contributed by atoms with van der Waals surface area (Å²) in [5.41, 5.74) is 7.50. The van der Waals surface area contributed by atoms with E-state index in [1.807, 2.05) is 38.1 Å². The molecule has 2 rings (SSSR count). The van der Waals surface area contributed by atoms with Crippen LogP contribution in [-0.4, -0.2) is 16.7 Å². The fourth-order valence-corrected chi connectivity index (χ4v) is 1.63. The predicted molar refractivity (Wildman–Crippen MR) is 67.7 cm³/mol. The molecule has 18 heavy (non-hydrogen) atoms. The molecule has 5 nitrogen and oxygen atoms in total. The van der Waals surface area contributed by atoms with Crippen molar-refractivity contribution in [3.05, 3.63) is 35.7 Å². The maximum absolute atomic E-state index is 5.55. The maximum atomic E-state index is 5.55. The molecule has 1 aromatic heterocycles. The molecule has 1 heterocycles. The molecule has 2 N–H and O–H groups in total. The fraction of sp³-hybridized carbons (Fsp3) is 0.385. The maximum Gasteiger partial charge on any atom is 0.258 e. The van der Waals surface area contributed by atoms with Crippen molar-refractivity contribution in [2.75, 3.05) is 6.61 Å². The standard InChI is InChI=1S/C13H17N3O2/c1-3-17-9(2)12-15-13(18-16-12)11-6-4-10(8-14)5-7-11/h4-7,9H,3,8,14H2,1-2H3. The molecule has 2 aromatic rings. The van der Waals surface area contributed by atoms with E-state index in [0.29, 0.717) is 24.9 Å². The van der Waals surface area contributed by atoms with Crippen LogP contribution in [0.3, 0.4) is 0 Å². The van der Waals surface area contributed by atoms with E-state index in [4.69, 9.17) is 15.0 Å². The van der Waals surface area contributed by atoms with E-state index in [-0.39, 0.29) is 6.10 Å². The van der Waals surface area contributed by atoms with Gasteiger partial charge in [-0.25, -0.2) is 0 Å². The molecule has 0 amide bonds. The SMILES string of the molecule is CCOC(C)c1noc(-c2ccc(CN)cc2)n1. The van der Waals surface area contributed by atoms with Gasteiger partial charge in [0.25, 0.3) is 5.89 Å². The van der Waals surface area contributed by atoms with E-state index in [1.165, 1.54) is 0 Å². The number of nitrogens with zero attached hydrogens (tertiary/aromatic N) is 2. The van der Waals surface area contributed by atoms with Crippen LogP contribution in [0.1, 0.15) is 31.3 Å². The Bertz CT molecular complexity index is 493. The summed E-state index contributed by atoms with van der Waals surface area (Å²) >= 11 is 0. The van der Waals surface area contributed by atoms with E-state index >= 15 is 0 Å². The van der Waals surface area contributed by atoms with Gasteiger partial charge in [-0.3, -0.25) is 0 Å². The summed E-state index contributed by atoms with van der Waals surface area (Å²) in [7, 11) is 0. The molecule has 96 valence electrons. The van der Waals surface area contributed by atoms with Crippen LogP contribution < -0.4 is 5.73 Å². The van der Waals surface area contributed by atoms with Crippen LogP contribution in [0.2, 0.25) is 0 Å². The average molecular weight is 247 g/mol. The molecule has 1 atom stereocenters. The second-order valence-corrected chi connectivity index (χ2v) is 3.96. The van der Waals surface area contributed by atoms with Crippen molar-refractivity contribution in [3.63, 3.8) is 0 Å². The molecule has 5 heteroatoms.